The van der Waals surface area contributed by atoms with E-state index in [-0.39, 0.29) is 5.91 Å². The Bertz CT molecular complexity index is 653. The highest BCUT2D eigenvalue weighted by molar-refractivity contribution is 5.97. The van der Waals surface area contributed by atoms with Crippen molar-refractivity contribution in [3.63, 3.8) is 0 Å². The minimum absolute atomic E-state index is 0.0134. The van der Waals surface area contributed by atoms with Crippen molar-refractivity contribution in [3.8, 4) is 5.75 Å². The Morgan fingerprint density at radius 3 is 2.53 bits per heavy atom. The highest BCUT2D eigenvalue weighted by atomic mass is 16.5. The Labute approximate surface area is 182 Å². The van der Waals surface area contributed by atoms with Crippen LogP contribution in [0.3, 0.4) is 0 Å². The van der Waals surface area contributed by atoms with Crippen LogP contribution in [0.2, 0.25) is 0 Å². The number of ether oxygens (including phenoxy) is 2. The predicted molar refractivity (Wildman–Crippen MR) is 122 cm³/mol. The van der Waals surface area contributed by atoms with E-state index in [0.717, 1.165) is 56.7 Å². The van der Waals surface area contributed by atoms with Gasteiger partial charge < -0.3 is 19.7 Å². The summed E-state index contributed by atoms with van der Waals surface area (Å²) in [5, 5.41) is 3.07. The zero-order valence-corrected chi connectivity index (χ0v) is 19.1. The Hall–Kier alpha value is -1.59. The van der Waals surface area contributed by atoms with Crippen LogP contribution in [0.4, 0.5) is 5.69 Å². The molecule has 0 bridgehead atoms. The molecule has 1 atom stereocenters. The van der Waals surface area contributed by atoms with E-state index in [9.17, 15) is 4.79 Å². The third-order valence-electron chi connectivity index (χ3n) is 6.83. The lowest BCUT2D eigenvalue weighted by molar-refractivity contribution is -0.146. The number of anilines is 1. The molecule has 1 aromatic rings. The zero-order chi connectivity index (χ0) is 21.4. The number of carbonyl (C=O) groups is 1. The van der Waals surface area contributed by atoms with Crippen LogP contribution in [0.1, 0.15) is 72.1 Å². The number of carbonyl (C=O) groups excluding carboxylic acids is 1. The second-order valence-corrected chi connectivity index (χ2v) is 9.17. The van der Waals surface area contributed by atoms with Crippen molar-refractivity contribution in [2.24, 2.45) is 5.92 Å². The molecule has 1 N–H and O–H groups in total. The first kappa shape index (κ1) is 23.1. The molecule has 5 nitrogen and oxygen atoms in total. The number of likely N-dealkylation sites (tertiary alicyclic amines) is 1. The summed E-state index contributed by atoms with van der Waals surface area (Å²) < 4.78 is 11.9. The van der Waals surface area contributed by atoms with Crippen molar-refractivity contribution in [1.29, 1.82) is 0 Å². The molecule has 0 unspecified atom stereocenters. The highest BCUT2D eigenvalue weighted by Crippen LogP contribution is 2.36. The van der Waals surface area contributed by atoms with Crippen LogP contribution in [0.25, 0.3) is 0 Å². The second kappa shape index (κ2) is 11.1. The van der Waals surface area contributed by atoms with Crippen LogP contribution in [0.5, 0.6) is 5.75 Å². The van der Waals surface area contributed by atoms with E-state index >= 15 is 0 Å². The van der Waals surface area contributed by atoms with Gasteiger partial charge in [-0.2, -0.15) is 0 Å². The van der Waals surface area contributed by atoms with Gasteiger partial charge in [0, 0.05) is 24.9 Å². The Morgan fingerprint density at radius 1 is 1.13 bits per heavy atom. The molecule has 30 heavy (non-hydrogen) atoms. The maximum absolute atomic E-state index is 13.0. The van der Waals surface area contributed by atoms with Gasteiger partial charge in [0.15, 0.2) is 0 Å². The van der Waals surface area contributed by atoms with Gasteiger partial charge in [0.05, 0.1) is 6.61 Å². The smallest absolute Gasteiger partial charge is 0.256 e. The third kappa shape index (κ3) is 6.21. The SMILES string of the molecule is CCOC1(C(=O)Nc2ccc(OCCCN3CCCC[C@@H]3C)cc2)CCC(C)CC1. The van der Waals surface area contributed by atoms with Crippen molar-refractivity contribution >= 4 is 11.6 Å². The van der Waals surface area contributed by atoms with E-state index in [4.69, 9.17) is 9.47 Å². The van der Waals surface area contributed by atoms with E-state index in [1.807, 2.05) is 31.2 Å². The molecule has 1 aliphatic heterocycles. The van der Waals surface area contributed by atoms with Crippen molar-refractivity contribution in [1.82, 2.24) is 4.90 Å². The van der Waals surface area contributed by atoms with Gasteiger partial charge in [0.25, 0.3) is 5.91 Å². The fourth-order valence-corrected chi connectivity index (χ4v) is 4.77. The molecule has 1 heterocycles. The third-order valence-corrected chi connectivity index (χ3v) is 6.83. The average Bonchev–Trinajstić information content (AvgIpc) is 2.75. The molecule has 1 aliphatic carbocycles. The number of nitrogens with one attached hydrogen (secondary N) is 1. The largest absolute Gasteiger partial charge is 0.494 e. The minimum Gasteiger partial charge on any atom is -0.494 e. The fraction of sp³-hybridized carbons (Fsp3) is 0.720. The fourth-order valence-electron chi connectivity index (χ4n) is 4.77. The monoisotopic (exact) mass is 416 g/mol. The number of rotatable bonds is 9. The molecular weight excluding hydrogens is 376 g/mol. The lowest BCUT2D eigenvalue weighted by Crippen LogP contribution is -2.48. The number of nitrogens with zero attached hydrogens (tertiary/aromatic N) is 1. The van der Waals surface area contributed by atoms with Gasteiger partial charge in [-0.25, -0.2) is 0 Å². The maximum atomic E-state index is 13.0. The molecule has 1 amide bonds. The quantitative estimate of drug-likeness (QED) is 0.558. The minimum atomic E-state index is -0.679. The summed E-state index contributed by atoms with van der Waals surface area (Å²) in [4.78, 5) is 15.6. The second-order valence-electron chi connectivity index (χ2n) is 9.17. The van der Waals surface area contributed by atoms with Crippen LogP contribution in [-0.4, -0.2) is 48.8 Å². The first-order valence-electron chi connectivity index (χ1n) is 11.9. The van der Waals surface area contributed by atoms with Gasteiger partial charge >= 0.3 is 0 Å². The van der Waals surface area contributed by atoms with Gasteiger partial charge in [0.2, 0.25) is 0 Å². The number of amides is 1. The van der Waals surface area contributed by atoms with E-state index in [2.05, 4.69) is 24.1 Å². The standard InChI is InChI=1S/C25H40N2O3/c1-4-30-25(15-13-20(2)14-16-25)24(28)26-22-9-11-23(12-10-22)29-19-7-18-27-17-6-5-8-21(27)3/h9-12,20-21H,4-8,13-19H2,1-3H3,(H,26,28)/t20?,21-,25?/m0/s1. The van der Waals surface area contributed by atoms with Gasteiger partial charge in [-0.1, -0.05) is 13.3 Å². The predicted octanol–water partition coefficient (Wildman–Crippen LogP) is 5.25. The Kier molecular flexibility index (Phi) is 8.58. The number of benzene rings is 1. The molecule has 0 aromatic heterocycles. The van der Waals surface area contributed by atoms with Crippen LogP contribution >= 0.6 is 0 Å². The van der Waals surface area contributed by atoms with Gasteiger partial charge in [-0.15, -0.1) is 0 Å². The molecule has 1 saturated heterocycles. The molecule has 5 heteroatoms. The molecule has 2 aliphatic rings. The molecule has 0 radical (unpaired) electrons. The van der Waals surface area contributed by atoms with Gasteiger partial charge in [-0.05, 0) is 95.5 Å². The van der Waals surface area contributed by atoms with Crippen molar-refractivity contribution in [2.45, 2.75) is 83.8 Å². The van der Waals surface area contributed by atoms with Gasteiger partial charge in [0.1, 0.15) is 11.4 Å². The topological polar surface area (TPSA) is 50.8 Å². The van der Waals surface area contributed by atoms with E-state index < -0.39 is 5.60 Å². The lowest BCUT2D eigenvalue weighted by atomic mass is 9.78. The number of piperidine rings is 1. The van der Waals surface area contributed by atoms with E-state index in [1.165, 1.54) is 25.8 Å². The summed E-state index contributed by atoms with van der Waals surface area (Å²) in [6, 6.07) is 8.43. The summed E-state index contributed by atoms with van der Waals surface area (Å²) in [6.45, 7) is 10.2. The van der Waals surface area contributed by atoms with Crippen LogP contribution in [0, 0.1) is 5.92 Å². The average molecular weight is 417 g/mol. The summed E-state index contributed by atoms with van der Waals surface area (Å²) in [5.74, 6) is 1.51. The lowest BCUT2D eigenvalue weighted by Gasteiger charge is -2.37. The summed E-state index contributed by atoms with van der Waals surface area (Å²) >= 11 is 0. The first-order chi connectivity index (χ1) is 14.5. The van der Waals surface area contributed by atoms with E-state index in [0.29, 0.717) is 18.6 Å². The Morgan fingerprint density at radius 2 is 1.87 bits per heavy atom. The highest BCUT2D eigenvalue weighted by Gasteiger charge is 2.41. The van der Waals surface area contributed by atoms with Crippen molar-refractivity contribution in [3.05, 3.63) is 24.3 Å². The number of hydrogen-bond donors (Lipinski definition) is 1. The van der Waals surface area contributed by atoms with Crippen molar-refractivity contribution < 1.29 is 14.3 Å². The summed E-state index contributed by atoms with van der Waals surface area (Å²) in [7, 11) is 0. The maximum Gasteiger partial charge on any atom is 0.256 e. The number of hydrogen-bond acceptors (Lipinski definition) is 4. The van der Waals surface area contributed by atoms with Crippen molar-refractivity contribution in [2.75, 3.05) is 31.6 Å². The first-order valence-corrected chi connectivity index (χ1v) is 11.9. The summed E-state index contributed by atoms with van der Waals surface area (Å²) in [6.07, 6.45) is 8.71. The van der Waals surface area contributed by atoms with E-state index in [1.54, 1.807) is 0 Å². The normalized spacial score (nSPS) is 27.6. The zero-order valence-electron chi connectivity index (χ0n) is 19.1. The molecule has 1 aromatic carbocycles. The summed E-state index contributed by atoms with van der Waals surface area (Å²) in [5.41, 5.74) is 0.120. The van der Waals surface area contributed by atoms with Crippen LogP contribution < -0.4 is 10.1 Å². The van der Waals surface area contributed by atoms with Gasteiger partial charge in [-0.3, -0.25) is 4.79 Å². The molecular formula is C25H40N2O3. The van der Waals surface area contributed by atoms with Crippen LogP contribution in [0.15, 0.2) is 24.3 Å². The molecule has 2 fully saturated rings. The molecule has 3 rings (SSSR count). The Balaban J connectivity index is 1.45. The molecule has 0 spiro atoms. The molecule has 1 saturated carbocycles. The molecule has 168 valence electrons. The van der Waals surface area contributed by atoms with Crippen LogP contribution in [-0.2, 0) is 9.53 Å².